The van der Waals surface area contributed by atoms with Gasteiger partial charge in [0.25, 0.3) is 0 Å². The van der Waals surface area contributed by atoms with Gasteiger partial charge in [0.1, 0.15) is 0 Å². The average molecular weight is 220 g/mol. The first-order valence-electron chi connectivity index (χ1n) is 5.95. The highest BCUT2D eigenvalue weighted by atomic mass is 15.3. The summed E-state index contributed by atoms with van der Waals surface area (Å²) in [5.41, 5.74) is 6.96. The average Bonchev–Trinajstić information content (AvgIpc) is 2.29. The molecule has 2 heterocycles. The van der Waals surface area contributed by atoms with Crippen molar-refractivity contribution >= 4 is 5.82 Å². The summed E-state index contributed by atoms with van der Waals surface area (Å²) < 4.78 is 0. The minimum absolute atomic E-state index is 0.580. The molecule has 0 saturated carbocycles. The van der Waals surface area contributed by atoms with Gasteiger partial charge in [-0.2, -0.15) is 5.10 Å². The number of nitrogens with zero attached hydrogens (tertiary/aromatic N) is 3. The third-order valence-corrected chi connectivity index (χ3v) is 3.52. The monoisotopic (exact) mass is 220 g/mol. The highest BCUT2D eigenvalue weighted by molar-refractivity contribution is 5.39. The molecule has 0 aromatic carbocycles. The van der Waals surface area contributed by atoms with Crippen molar-refractivity contribution in [1.82, 2.24) is 10.2 Å². The predicted octanol–water partition coefficient (Wildman–Crippen LogP) is 1.21. The largest absolute Gasteiger partial charge is 0.355 e. The minimum Gasteiger partial charge on any atom is -0.355 e. The zero-order valence-corrected chi connectivity index (χ0v) is 10.1. The lowest BCUT2D eigenvalue weighted by Gasteiger charge is -2.37. The van der Waals surface area contributed by atoms with Crippen LogP contribution in [0, 0.1) is 18.8 Å². The fraction of sp³-hybridized carbons (Fsp3) is 0.667. The van der Waals surface area contributed by atoms with E-state index in [1.807, 2.05) is 6.92 Å². The molecule has 1 aromatic rings. The SMILES string of the molecule is Cc1cnnc(N2CCC(C)C(CN)C2)c1. The summed E-state index contributed by atoms with van der Waals surface area (Å²) in [6.07, 6.45) is 2.98. The van der Waals surface area contributed by atoms with Gasteiger partial charge < -0.3 is 10.6 Å². The van der Waals surface area contributed by atoms with Crippen LogP contribution in [-0.2, 0) is 0 Å². The second-order valence-electron chi connectivity index (χ2n) is 4.80. The van der Waals surface area contributed by atoms with Crippen molar-refractivity contribution in [3.05, 3.63) is 17.8 Å². The highest BCUT2D eigenvalue weighted by Crippen LogP contribution is 2.25. The van der Waals surface area contributed by atoms with Crippen LogP contribution in [0.4, 0.5) is 5.82 Å². The van der Waals surface area contributed by atoms with Crippen LogP contribution in [-0.4, -0.2) is 29.8 Å². The number of aryl methyl sites for hydroxylation is 1. The van der Waals surface area contributed by atoms with Crippen molar-refractivity contribution < 1.29 is 0 Å². The van der Waals surface area contributed by atoms with E-state index >= 15 is 0 Å². The molecule has 0 spiro atoms. The molecule has 1 aliphatic rings. The maximum atomic E-state index is 5.80. The van der Waals surface area contributed by atoms with E-state index < -0.39 is 0 Å². The molecule has 0 aliphatic carbocycles. The van der Waals surface area contributed by atoms with Crippen LogP contribution >= 0.6 is 0 Å². The van der Waals surface area contributed by atoms with Gasteiger partial charge >= 0.3 is 0 Å². The zero-order valence-electron chi connectivity index (χ0n) is 10.1. The Morgan fingerprint density at radius 2 is 2.38 bits per heavy atom. The molecule has 16 heavy (non-hydrogen) atoms. The second-order valence-corrected chi connectivity index (χ2v) is 4.80. The summed E-state index contributed by atoms with van der Waals surface area (Å²) in [6.45, 7) is 7.17. The molecule has 1 fully saturated rings. The fourth-order valence-electron chi connectivity index (χ4n) is 2.27. The molecule has 2 unspecified atom stereocenters. The molecular weight excluding hydrogens is 200 g/mol. The Morgan fingerprint density at radius 1 is 1.56 bits per heavy atom. The second kappa shape index (κ2) is 4.78. The Balaban J connectivity index is 2.11. The number of aromatic nitrogens is 2. The number of rotatable bonds is 2. The summed E-state index contributed by atoms with van der Waals surface area (Å²) in [7, 11) is 0. The molecule has 0 radical (unpaired) electrons. The molecule has 4 heteroatoms. The van der Waals surface area contributed by atoms with Gasteiger partial charge in [0.05, 0.1) is 6.20 Å². The summed E-state index contributed by atoms with van der Waals surface area (Å²) in [5.74, 6) is 2.29. The van der Waals surface area contributed by atoms with Crippen molar-refractivity contribution in [3.63, 3.8) is 0 Å². The Hall–Kier alpha value is -1.16. The van der Waals surface area contributed by atoms with E-state index in [1.54, 1.807) is 6.20 Å². The Kier molecular flexibility index (Phi) is 3.39. The predicted molar refractivity (Wildman–Crippen MR) is 65.3 cm³/mol. The maximum Gasteiger partial charge on any atom is 0.151 e. The van der Waals surface area contributed by atoms with E-state index in [-0.39, 0.29) is 0 Å². The lowest BCUT2D eigenvalue weighted by atomic mass is 9.87. The molecule has 0 amide bonds. The van der Waals surface area contributed by atoms with Crippen molar-refractivity contribution in [2.45, 2.75) is 20.3 Å². The molecule has 2 rings (SSSR count). The van der Waals surface area contributed by atoms with Gasteiger partial charge in [0.2, 0.25) is 0 Å². The summed E-state index contributed by atoms with van der Waals surface area (Å²) in [4.78, 5) is 2.30. The molecule has 1 saturated heterocycles. The maximum absolute atomic E-state index is 5.80. The smallest absolute Gasteiger partial charge is 0.151 e. The first-order chi connectivity index (χ1) is 7.70. The van der Waals surface area contributed by atoms with Gasteiger partial charge in [-0.05, 0) is 43.4 Å². The standard InChI is InChI=1S/C12H20N4/c1-9-5-12(15-14-7-9)16-4-3-10(2)11(6-13)8-16/h5,7,10-11H,3-4,6,8,13H2,1-2H3. The first-order valence-corrected chi connectivity index (χ1v) is 5.95. The van der Waals surface area contributed by atoms with Crippen LogP contribution in [0.2, 0.25) is 0 Å². The summed E-state index contributed by atoms with van der Waals surface area (Å²) in [6, 6.07) is 2.09. The lowest BCUT2D eigenvalue weighted by molar-refractivity contribution is 0.306. The molecule has 4 nitrogen and oxygen atoms in total. The van der Waals surface area contributed by atoms with Gasteiger partial charge in [-0.15, -0.1) is 5.10 Å². The molecule has 88 valence electrons. The van der Waals surface area contributed by atoms with Crippen LogP contribution in [0.15, 0.2) is 12.3 Å². The Bertz CT molecular complexity index is 353. The zero-order chi connectivity index (χ0) is 11.5. The van der Waals surface area contributed by atoms with E-state index in [0.29, 0.717) is 5.92 Å². The molecule has 2 N–H and O–H groups in total. The fourth-order valence-corrected chi connectivity index (χ4v) is 2.27. The topological polar surface area (TPSA) is 55.0 Å². The third kappa shape index (κ3) is 2.32. The number of hydrogen-bond donors (Lipinski definition) is 1. The van der Waals surface area contributed by atoms with Crippen molar-refractivity contribution in [2.24, 2.45) is 17.6 Å². The van der Waals surface area contributed by atoms with E-state index in [4.69, 9.17) is 5.73 Å². The Morgan fingerprint density at radius 3 is 3.06 bits per heavy atom. The summed E-state index contributed by atoms with van der Waals surface area (Å²) in [5, 5.41) is 8.20. The number of piperidine rings is 1. The van der Waals surface area contributed by atoms with Crippen LogP contribution in [0.3, 0.4) is 0 Å². The highest BCUT2D eigenvalue weighted by Gasteiger charge is 2.25. The van der Waals surface area contributed by atoms with Crippen LogP contribution < -0.4 is 10.6 Å². The first kappa shape index (κ1) is 11.3. The Labute approximate surface area is 96.9 Å². The van der Waals surface area contributed by atoms with Crippen molar-refractivity contribution in [1.29, 1.82) is 0 Å². The summed E-state index contributed by atoms with van der Waals surface area (Å²) >= 11 is 0. The minimum atomic E-state index is 0.580. The van der Waals surface area contributed by atoms with Gasteiger partial charge in [-0.25, -0.2) is 0 Å². The van der Waals surface area contributed by atoms with Gasteiger partial charge in [-0.3, -0.25) is 0 Å². The van der Waals surface area contributed by atoms with Crippen LogP contribution in [0.25, 0.3) is 0 Å². The van der Waals surface area contributed by atoms with E-state index in [9.17, 15) is 0 Å². The quantitative estimate of drug-likeness (QED) is 0.814. The van der Waals surface area contributed by atoms with Crippen LogP contribution in [0.5, 0.6) is 0 Å². The molecular formula is C12H20N4. The van der Waals surface area contributed by atoms with Crippen LogP contribution in [0.1, 0.15) is 18.9 Å². The molecule has 2 atom stereocenters. The molecule has 0 bridgehead atoms. The van der Waals surface area contributed by atoms with Gasteiger partial charge in [0, 0.05) is 13.1 Å². The number of anilines is 1. The number of nitrogens with two attached hydrogens (primary N) is 1. The van der Waals surface area contributed by atoms with Gasteiger partial charge in [0.15, 0.2) is 5.82 Å². The van der Waals surface area contributed by atoms with Gasteiger partial charge in [-0.1, -0.05) is 6.92 Å². The van der Waals surface area contributed by atoms with E-state index in [2.05, 4.69) is 28.1 Å². The van der Waals surface area contributed by atoms with Crippen molar-refractivity contribution in [3.8, 4) is 0 Å². The normalized spacial score (nSPS) is 25.8. The molecule has 1 aliphatic heterocycles. The third-order valence-electron chi connectivity index (χ3n) is 3.52. The lowest BCUT2D eigenvalue weighted by Crippen LogP contribution is -2.43. The molecule has 1 aromatic heterocycles. The van der Waals surface area contributed by atoms with Crippen molar-refractivity contribution in [2.75, 3.05) is 24.5 Å². The van der Waals surface area contributed by atoms with E-state index in [1.165, 1.54) is 6.42 Å². The number of hydrogen-bond acceptors (Lipinski definition) is 4. The van der Waals surface area contributed by atoms with E-state index in [0.717, 1.165) is 36.9 Å².